The van der Waals surface area contributed by atoms with Gasteiger partial charge >= 0.3 is 4.87 Å². The molecule has 0 N–H and O–H groups in total. The zero-order valence-electron chi connectivity index (χ0n) is 8.23. The molecule has 0 amide bonds. The van der Waals surface area contributed by atoms with Gasteiger partial charge in [0.2, 0.25) is 0 Å². The van der Waals surface area contributed by atoms with Crippen molar-refractivity contribution in [3.63, 3.8) is 0 Å². The molecule has 0 aliphatic heterocycles. The van der Waals surface area contributed by atoms with Crippen LogP contribution in [0.15, 0.2) is 41.2 Å². The van der Waals surface area contributed by atoms with E-state index in [1.165, 1.54) is 16.7 Å². The van der Waals surface area contributed by atoms with Crippen LogP contribution in [0.25, 0.3) is 21.0 Å². The molecule has 0 aliphatic carbocycles. The van der Waals surface area contributed by atoms with E-state index in [1.807, 2.05) is 25.2 Å². The number of benzene rings is 2. The molecule has 0 aliphatic rings. The summed E-state index contributed by atoms with van der Waals surface area (Å²) in [4.78, 5) is 11.7. The minimum absolute atomic E-state index is 0.0985. The normalized spacial score (nSPS) is 11.3. The molecule has 3 aromatic rings. The highest BCUT2D eigenvalue weighted by molar-refractivity contribution is 7.17. The Hall–Kier alpha value is -1.61. The molecular weight excluding hydrogens is 206 g/mol. The summed E-state index contributed by atoms with van der Waals surface area (Å²) < 4.78 is 2.78. The predicted molar refractivity (Wildman–Crippen MR) is 64.6 cm³/mol. The Bertz CT molecular complexity index is 708. The van der Waals surface area contributed by atoms with E-state index in [1.54, 1.807) is 4.57 Å². The Morgan fingerprint density at radius 1 is 1.13 bits per heavy atom. The molecule has 1 aromatic heterocycles. The van der Waals surface area contributed by atoms with Crippen molar-refractivity contribution in [2.45, 2.75) is 0 Å². The van der Waals surface area contributed by atoms with Crippen molar-refractivity contribution in [1.82, 2.24) is 4.57 Å². The van der Waals surface area contributed by atoms with Crippen LogP contribution in [0.3, 0.4) is 0 Å². The van der Waals surface area contributed by atoms with Gasteiger partial charge in [-0.05, 0) is 11.5 Å². The standard InChI is InChI=1S/C12H9NOS/c1-13-10-7-6-8-4-2-3-5-9(8)11(10)15-12(13)14/h2-7H,1H3. The molecule has 3 heteroatoms. The van der Waals surface area contributed by atoms with E-state index in [2.05, 4.69) is 18.2 Å². The largest absolute Gasteiger partial charge is 0.307 e. The Balaban J connectivity index is 2.66. The van der Waals surface area contributed by atoms with Crippen molar-refractivity contribution in [2.24, 2.45) is 7.05 Å². The number of aryl methyl sites for hydroxylation is 1. The van der Waals surface area contributed by atoms with Crippen LogP contribution in [0.1, 0.15) is 0 Å². The van der Waals surface area contributed by atoms with Gasteiger partial charge < -0.3 is 4.57 Å². The Kier molecular flexibility index (Phi) is 1.70. The van der Waals surface area contributed by atoms with Crippen molar-refractivity contribution in [1.29, 1.82) is 0 Å². The molecule has 0 unspecified atom stereocenters. The topological polar surface area (TPSA) is 22.0 Å². The second-order valence-corrected chi connectivity index (χ2v) is 4.52. The fourth-order valence-corrected chi connectivity index (χ4v) is 2.87. The average molecular weight is 215 g/mol. The van der Waals surface area contributed by atoms with Crippen LogP contribution in [0, 0.1) is 0 Å². The lowest BCUT2D eigenvalue weighted by molar-refractivity contribution is 0.939. The Morgan fingerprint density at radius 2 is 1.93 bits per heavy atom. The van der Waals surface area contributed by atoms with Crippen LogP contribution in [-0.4, -0.2) is 4.57 Å². The molecule has 0 fully saturated rings. The second-order valence-electron chi connectivity index (χ2n) is 3.56. The molecule has 15 heavy (non-hydrogen) atoms. The first-order chi connectivity index (χ1) is 7.27. The molecule has 74 valence electrons. The van der Waals surface area contributed by atoms with Gasteiger partial charge in [0, 0.05) is 12.4 Å². The minimum Gasteiger partial charge on any atom is -0.302 e. The van der Waals surface area contributed by atoms with Crippen LogP contribution in [-0.2, 0) is 7.05 Å². The highest BCUT2D eigenvalue weighted by atomic mass is 32.1. The van der Waals surface area contributed by atoms with Gasteiger partial charge in [-0.1, -0.05) is 41.7 Å². The Morgan fingerprint density at radius 3 is 2.80 bits per heavy atom. The molecule has 2 nitrogen and oxygen atoms in total. The summed E-state index contributed by atoms with van der Waals surface area (Å²) in [6, 6.07) is 12.2. The van der Waals surface area contributed by atoms with E-state index in [0.29, 0.717) is 0 Å². The first kappa shape index (κ1) is 8.68. The smallest absolute Gasteiger partial charge is 0.302 e. The number of hydrogen-bond acceptors (Lipinski definition) is 2. The highest BCUT2D eigenvalue weighted by Gasteiger charge is 2.06. The van der Waals surface area contributed by atoms with E-state index >= 15 is 0 Å². The van der Waals surface area contributed by atoms with Gasteiger partial charge in [-0.15, -0.1) is 0 Å². The van der Waals surface area contributed by atoms with Gasteiger partial charge in [0.1, 0.15) is 0 Å². The van der Waals surface area contributed by atoms with Crippen molar-refractivity contribution in [3.05, 3.63) is 46.1 Å². The number of rotatable bonds is 0. The number of hydrogen-bond donors (Lipinski definition) is 0. The third kappa shape index (κ3) is 1.13. The quantitative estimate of drug-likeness (QED) is 0.565. The molecular formula is C12H9NOS. The zero-order chi connectivity index (χ0) is 10.4. The van der Waals surface area contributed by atoms with Gasteiger partial charge in [0.15, 0.2) is 0 Å². The lowest BCUT2D eigenvalue weighted by Crippen LogP contribution is -2.06. The average Bonchev–Trinajstić information content (AvgIpc) is 2.56. The number of nitrogens with zero attached hydrogens (tertiary/aromatic N) is 1. The van der Waals surface area contributed by atoms with Crippen LogP contribution in [0.5, 0.6) is 0 Å². The summed E-state index contributed by atoms with van der Waals surface area (Å²) >= 11 is 1.32. The summed E-state index contributed by atoms with van der Waals surface area (Å²) in [7, 11) is 1.82. The first-order valence-corrected chi connectivity index (χ1v) is 5.56. The molecule has 0 atom stereocenters. The fourth-order valence-electron chi connectivity index (χ4n) is 1.86. The van der Waals surface area contributed by atoms with E-state index in [9.17, 15) is 4.79 Å². The van der Waals surface area contributed by atoms with E-state index in [-0.39, 0.29) is 4.87 Å². The molecule has 2 aromatic carbocycles. The third-order valence-electron chi connectivity index (χ3n) is 2.68. The molecule has 3 rings (SSSR count). The van der Waals surface area contributed by atoms with Crippen molar-refractivity contribution < 1.29 is 0 Å². The number of fused-ring (bicyclic) bond motifs is 3. The summed E-state index contributed by atoms with van der Waals surface area (Å²) in [5.41, 5.74) is 1.02. The van der Waals surface area contributed by atoms with Gasteiger partial charge in [-0.2, -0.15) is 0 Å². The van der Waals surface area contributed by atoms with Crippen molar-refractivity contribution >= 4 is 32.3 Å². The molecule has 0 spiro atoms. The lowest BCUT2D eigenvalue weighted by Gasteiger charge is -1.98. The lowest BCUT2D eigenvalue weighted by atomic mass is 10.1. The summed E-state index contributed by atoms with van der Waals surface area (Å²) in [5.74, 6) is 0. The summed E-state index contributed by atoms with van der Waals surface area (Å²) in [5, 5.41) is 2.35. The molecule has 0 saturated carbocycles. The number of thiazole rings is 1. The summed E-state index contributed by atoms with van der Waals surface area (Å²) in [6.07, 6.45) is 0. The van der Waals surface area contributed by atoms with Gasteiger partial charge in [0.05, 0.1) is 10.2 Å². The van der Waals surface area contributed by atoms with Gasteiger partial charge in [-0.3, -0.25) is 4.79 Å². The van der Waals surface area contributed by atoms with E-state index in [0.717, 1.165) is 15.6 Å². The third-order valence-corrected chi connectivity index (χ3v) is 3.77. The zero-order valence-corrected chi connectivity index (χ0v) is 9.04. The molecule has 1 heterocycles. The second kappa shape index (κ2) is 2.94. The molecule has 0 bridgehead atoms. The molecule has 0 saturated heterocycles. The van der Waals surface area contributed by atoms with Crippen LogP contribution in [0.2, 0.25) is 0 Å². The van der Waals surface area contributed by atoms with E-state index in [4.69, 9.17) is 0 Å². The highest BCUT2D eigenvalue weighted by Crippen LogP contribution is 2.26. The van der Waals surface area contributed by atoms with Gasteiger partial charge in [-0.25, -0.2) is 0 Å². The van der Waals surface area contributed by atoms with Crippen molar-refractivity contribution in [2.75, 3.05) is 0 Å². The fraction of sp³-hybridized carbons (Fsp3) is 0.0833. The molecule has 0 radical (unpaired) electrons. The first-order valence-electron chi connectivity index (χ1n) is 4.74. The predicted octanol–water partition coefficient (Wildman–Crippen LogP) is 2.75. The Labute approximate surface area is 90.4 Å². The van der Waals surface area contributed by atoms with Crippen molar-refractivity contribution in [3.8, 4) is 0 Å². The maximum atomic E-state index is 11.6. The van der Waals surface area contributed by atoms with E-state index < -0.39 is 0 Å². The number of aromatic nitrogens is 1. The van der Waals surface area contributed by atoms with Crippen LogP contribution in [0.4, 0.5) is 0 Å². The maximum Gasteiger partial charge on any atom is 0.307 e. The van der Waals surface area contributed by atoms with Crippen LogP contribution >= 0.6 is 11.3 Å². The van der Waals surface area contributed by atoms with Crippen LogP contribution < -0.4 is 4.87 Å². The summed E-state index contributed by atoms with van der Waals surface area (Å²) in [6.45, 7) is 0. The minimum atomic E-state index is 0.0985. The monoisotopic (exact) mass is 215 g/mol. The maximum absolute atomic E-state index is 11.6. The SMILES string of the molecule is Cn1c(=O)sc2c3ccccc3ccc21. The van der Waals surface area contributed by atoms with Gasteiger partial charge in [0.25, 0.3) is 0 Å².